The molecule has 1 aromatic carbocycles. The highest BCUT2D eigenvalue weighted by Crippen LogP contribution is 2.26. The summed E-state index contributed by atoms with van der Waals surface area (Å²) in [5.74, 6) is -0.594. The molecule has 0 aromatic heterocycles. The molecule has 0 unspecified atom stereocenters. The number of benzene rings is 1. The van der Waals surface area contributed by atoms with Crippen molar-refractivity contribution in [1.82, 2.24) is 10.0 Å². The average Bonchev–Trinajstić information content (AvgIpc) is 2.42. The van der Waals surface area contributed by atoms with Crippen LogP contribution in [-0.4, -0.2) is 34.7 Å². The molecule has 0 atom stereocenters. The SMILES string of the molecule is COc1ccc(S(=O)(=O)NC2CCNCC2)c(C)c1F.Cl. The highest BCUT2D eigenvalue weighted by molar-refractivity contribution is 7.89. The van der Waals surface area contributed by atoms with Crippen molar-refractivity contribution in [2.45, 2.75) is 30.7 Å². The highest BCUT2D eigenvalue weighted by atomic mass is 35.5. The van der Waals surface area contributed by atoms with Gasteiger partial charge in [-0.2, -0.15) is 0 Å². The molecule has 120 valence electrons. The molecule has 2 N–H and O–H groups in total. The molecule has 21 heavy (non-hydrogen) atoms. The lowest BCUT2D eigenvalue weighted by atomic mass is 10.1. The van der Waals surface area contributed by atoms with E-state index in [1.807, 2.05) is 0 Å². The molecule has 1 aliphatic heterocycles. The fourth-order valence-electron chi connectivity index (χ4n) is 2.31. The summed E-state index contributed by atoms with van der Waals surface area (Å²) in [5.41, 5.74) is 0.0748. The molecule has 0 bridgehead atoms. The molecule has 0 spiro atoms. The van der Waals surface area contributed by atoms with E-state index < -0.39 is 15.8 Å². The smallest absolute Gasteiger partial charge is 0.241 e. The van der Waals surface area contributed by atoms with E-state index in [4.69, 9.17) is 4.74 Å². The van der Waals surface area contributed by atoms with E-state index in [1.165, 1.54) is 26.2 Å². The van der Waals surface area contributed by atoms with E-state index in [2.05, 4.69) is 10.0 Å². The van der Waals surface area contributed by atoms with Crippen molar-refractivity contribution in [3.8, 4) is 5.75 Å². The van der Waals surface area contributed by atoms with E-state index in [0.29, 0.717) is 0 Å². The molecule has 1 aliphatic rings. The van der Waals surface area contributed by atoms with Crippen molar-refractivity contribution in [2.75, 3.05) is 20.2 Å². The van der Waals surface area contributed by atoms with E-state index in [-0.39, 0.29) is 34.7 Å². The Balaban J connectivity index is 0.00000220. The molecule has 1 heterocycles. The van der Waals surface area contributed by atoms with Crippen LogP contribution >= 0.6 is 12.4 Å². The molecule has 0 amide bonds. The Hall–Kier alpha value is -0.890. The zero-order valence-electron chi connectivity index (χ0n) is 12.0. The van der Waals surface area contributed by atoms with E-state index >= 15 is 0 Å². The quantitative estimate of drug-likeness (QED) is 0.875. The lowest BCUT2D eigenvalue weighted by molar-refractivity contribution is 0.383. The van der Waals surface area contributed by atoms with Crippen LogP contribution in [0, 0.1) is 12.7 Å². The van der Waals surface area contributed by atoms with Gasteiger partial charge in [-0.05, 0) is 45.0 Å². The molecule has 0 radical (unpaired) electrons. The van der Waals surface area contributed by atoms with Gasteiger partial charge in [-0.15, -0.1) is 12.4 Å². The summed E-state index contributed by atoms with van der Waals surface area (Å²) >= 11 is 0. The van der Waals surface area contributed by atoms with Crippen molar-refractivity contribution in [3.63, 3.8) is 0 Å². The third-order valence-electron chi connectivity index (χ3n) is 3.47. The van der Waals surface area contributed by atoms with Gasteiger partial charge >= 0.3 is 0 Å². The first kappa shape index (κ1) is 18.2. The van der Waals surface area contributed by atoms with Gasteiger partial charge in [0.1, 0.15) is 0 Å². The lowest BCUT2D eigenvalue weighted by Crippen LogP contribution is -2.42. The van der Waals surface area contributed by atoms with Crippen molar-refractivity contribution >= 4 is 22.4 Å². The second-order valence-corrected chi connectivity index (χ2v) is 6.53. The first-order chi connectivity index (χ1) is 9.45. The van der Waals surface area contributed by atoms with Gasteiger partial charge < -0.3 is 10.1 Å². The van der Waals surface area contributed by atoms with E-state index in [9.17, 15) is 12.8 Å². The molecule has 1 saturated heterocycles. The maximum atomic E-state index is 13.9. The van der Waals surface area contributed by atoms with Gasteiger partial charge in [0.05, 0.1) is 12.0 Å². The first-order valence-corrected chi connectivity index (χ1v) is 8.00. The largest absolute Gasteiger partial charge is 0.494 e. The Kier molecular flexibility index (Phi) is 6.40. The van der Waals surface area contributed by atoms with Gasteiger partial charge in [-0.25, -0.2) is 17.5 Å². The Morgan fingerprint density at radius 2 is 1.95 bits per heavy atom. The second kappa shape index (κ2) is 7.40. The van der Waals surface area contributed by atoms with Crippen molar-refractivity contribution in [2.24, 2.45) is 0 Å². The molecule has 8 heteroatoms. The maximum absolute atomic E-state index is 13.9. The number of hydrogen-bond acceptors (Lipinski definition) is 4. The fraction of sp³-hybridized carbons (Fsp3) is 0.538. The molecule has 2 rings (SSSR count). The minimum Gasteiger partial charge on any atom is -0.494 e. The van der Waals surface area contributed by atoms with Gasteiger partial charge in [-0.1, -0.05) is 0 Å². The standard InChI is InChI=1S/C13H19FN2O3S.ClH/c1-9-12(4-3-11(19-2)13(9)14)20(17,18)16-10-5-7-15-8-6-10;/h3-4,10,15-16H,5-8H2,1-2H3;1H. The zero-order chi connectivity index (χ0) is 14.8. The van der Waals surface area contributed by atoms with Crippen molar-refractivity contribution in [3.05, 3.63) is 23.5 Å². The van der Waals surface area contributed by atoms with E-state index in [1.54, 1.807) is 0 Å². The Morgan fingerprint density at radius 1 is 1.33 bits per heavy atom. The Labute approximate surface area is 130 Å². The summed E-state index contributed by atoms with van der Waals surface area (Å²) in [7, 11) is -2.36. The van der Waals surface area contributed by atoms with Crippen molar-refractivity contribution in [1.29, 1.82) is 0 Å². The summed E-state index contributed by atoms with van der Waals surface area (Å²) in [6, 6.07) is 2.60. The normalized spacial score (nSPS) is 16.3. The molecule has 0 aliphatic carbocycles. The number of ether oxygens (including phenoxy) is 1. The zero-order valence-corrected chi connectivity index (χ0v) is 13.6. The summed E-state index contributed by atoms with van der Waals surface area (Å²) in [4.78, 5) is -0.0330. The number of sulfonamides is 1. The number of hydrogen-bond donors (Lipinski definition) is 2. The molecular formula is C13H20ClFN2O3S. The molecule has 1 fully saturated rings. The van der Waals surface area contributed by atoms with Gasteiger partial charge in [0, 0.05) is 11.6 Å². The summed E-state index contributed by atoms with van der Waals surface area (Å²) in [5, 5.41) is 3.16. The van der Waals surface area contributed by atoms with Gasteiger partial charge in [0.2, 0.25) is 10.0 Å². The van der Waals surface area contributed by atoms with Crippen LogP contribution in [0.1, 0.15) is 18.4 Å². The van der Waals surface area contributed by atoms with Crippen LogP contribution in [0.4, 0.5) is 4.39 Å². The summed E-state index contributed by atoms with van der Waals surface area (Å²) in [6.07, 6.45) is 1.47. The number of halogens is 2. The predicted molar refractivity (Wildman–Crippen MR) is 81.2 cm³/mol. The molecule has 1 aromatic rings. The minimum atomic E-state index is -3.71. The number of nitrogens with one attached hydrogen (secondary N) is 2. The second-order valence-electron chi connectivity index (χ2n) is 4.85. The van der Waals surface area contributed by atoms with Gasteiger partial charge in [-0.3, -0.25) is 0 Å². The van der Waals surface area contributed by atoms with Crippen molar-refractivity contribution < 1.29 is 17.5 Å². The topological polar surface area (TPSA) is 67.4 Å². The Bertz CT molecular complexity index is 589. The van der Waals surface area contributed by atoms with E-state index in [0.717, 1.165) is 25.9 Å². The third-order valence-corrected chi connectivity index (χ3v) is 5.14. The third kappa shape index (κ3) is 4.06. The van der Waals surface area contributed by atoms with Gasteiger partial charge in [0.15, 0.2) is 11.6 Å². The monoisotopic (exact) mass is 338 g/mol. The number of piperidine rings is 1. The van der Waals surface area contributed by atoms with Crippen LogP contribution in [0.5, 0.6) is 5.75 Å². The fourth-order valence-corrected chi connectivity index (χ4v) is 3.86. The molecule has 0 saturated carbocycles. The van der Waals surface area contributed by atoms with Crippen LogP contribution in [0.2, 0.25) is 0 Å². The number of rotatable bonds is 4. The lowest BCUT2D eigenvalue weighted by Gasteiger charge is -2.24. The summed E-state index contributed by atoms with van der Waals surface area (Å²) < 4.78 is 46.1. The molecule has 5 nitrogen and oxygen atoms in total. The minimum absolute atomic E-state index is 0. The first-order valence-electron chi connectivity index (χ1n) is 6.52. The molecular weight excluding hydrogens is 319 g/mol. The van der Waals surface area contributed by atoms with Crippen LogP contribution in [0.3, 0.4) is 0 Å². The van der Waals surface area contributed by atoms with Crippen LogP contribution in [0.15, 0.2) is 17.0 Å². The predicted octanol–water partition coefficient (Wildman–Crippen LogP) is 1.59. The maximum Gasteiger partial charge on any atom is 0.241 e. The Morgan fingerprint density at radius 3 is 2.52 bits per heavy atom. The number of methoxy groups -OCH3 is 1. The summed E-state index contributed by atoms with van der Waals surface area (Å²) in [6.45, 7) is 3.00. The average molecular weight is 339 g/mol. The highest BCUT2D eigenvalue weighted by Gasteiger charge is 2.25. The van der Waals surface area contributed by atoms with Crippen LogP contribution in [0.25, 0.3) is 0 Å². The van der Waals surface area contributed by atoms with Gasteiger partial charge in [0.25, 0.3) is 0 Å². The van der Waals surface area contributed by atoms with Crippen LogP contribution < -0.4 is 14.8 Å². The van der Waals surface area contributed by atoms with Crippen LogP contribution in [-0.2, 0) is 10.0 Å².